The summed E-state index contributed by atoms with van der Waals surface area (Å²) < 4.78 is 10.9. The summed E-state index contributed by atoms with van der Waals surface area (Å²) in [5, 5.41) is 4.17. The van der Waals surface area contributed by atoms with E-state index in [9.17, 15) is 4.79 Å². The van der Waals surface area contributed by atoms with Gasteiger partial charge in [-0.3, -0.25) is 4.79 Å². The maximum absolute atomic E-state index is 12.2. The molecule has 0 spiro atoms. The third kappa shape index (κ3) is 4.60. The molecule has 138 valence electrons. The van der Waals surface area contributed by atoms with Crippen LogP contribution in [0.1, 0.15) is 69.0 Å². The van der Waals surface area contributed by atoms with Crippen LogP contribution in [0.25, 0.3) is 0 Å². The van der Waals surface area contributed by atoms with Crippen molar-refractivity contribution in [1.29, 1.82) is 0 Å². The number of hydrogen-bond acceptors (Lipinski definition) is 5. The number of rotatable bonds is 6. The summed E-state index contributed by atoms with van der Waals surface area (Å²) in [6, 6.07) is 0. The Morgan fingerprint density at radius 2 is 1.80 bits per heavy atom. The highest BCUT2D eigenvalue weighted by molar-refractivity contribution is 5.76. The van der Waals surface area contributed by atoms with E-state index < -0.39 is 0 Å². The number of hydrogen-bond donors (Lipinski definition) is 0. The minimum absolute atomic E-state index is 0.371. The maximum Gasteiger partial charge on any atom is 0.229 e. The van der Waals surface area contributed by atoms with Gasteiger partial charge in [-0.05, 0) is 56.8 Å². The van der Waals surface area contributed by atoms with Crippen molar-refractivity contribution < 1.29 is 14.1 Å². The lowest BCUT2D eigenvalue weighted by Crippen LogP contribution is -2.38. The Balaban J connectivity index is 1.19. The van der Waals surface area contributed by atoms with E-state index in [4.69, 9.17) is 9.26 Å². The molecule has 0 radical (unpaired) electrons. The minimum atomic E-state index is 0.371. The van der Waals surface area contributed by atoms with Crippen molar-refractivity contribution in [3.63, 3.8) is 0 Å². The Hall–Kier alpha value is -1.43. The first-order valence-corrected chi connectivity index (χ1v) is 9.96. The van der Waals surface area contributed by atoms with Crippen molar-refractivity contribution in [1.82, 2.24) is 15.0 Å². The van der Waals surface area contributed by atoms with Crippen LogP contribution in [0.5, 0.6) is 0 Å². The van der Waals surface area contributed by atoms with Crippen molar-refractivity contribution in [3.05, 3.63) is 11.7 Å². The lowest BCUT2D eigenvalue weighted by molar-refractivity contribution is -0.133. The summed E-state index contributed by atoms with van der Waals surface area (Å²) in [5.74, 6) is 3.74. The number of piperidine rings is 1. The van der Waals surface area contributed by atoms with Gasteiger partial charge >= 0.3 is 0 Å². The smallest absolute Gasteiger partial charge is 0.229 e. The molecule has 2 saturated heterocycles. The van der Waals surface area contributed by atoms with Crippen LogP contribution in [-0.4, -0.2) is 47.3 Å². The first-order valence-electron chi connectivity index (χ1n) is 9.96. The van der Waals surface area contributed by atoms with Crippen LogP contribution in [0.15, 0.2) is 4.52 Å². The monoisotopic (exact) mass is 347 g/mol. The van der Waals surface area contributed by atoms with E-state index in [1.807, 2.05) is 0 Å². The van der Waals surface area contributed by atoms with Gasteiger partial charge < -0.3 is 14.2 Å². The number of carbonyl (C=O) groups is 1. The molecule has 1 amide bonds. The van der Waals surface area contributed by atoms with Crippen molar-refractivity contribution in [2.75, 3.05) is 26.3 Å². The van der Waals surface area contributed by atoms with Gasteiger partial charge in [-0.1, -0.05) is 5.16 Å². The van der Waals surface area contributed by atoms with Crippen LogP contribution in [-0.2, 0) is 16.0 Å². The molecule has 3 fully saturated rings. The van der Waals surface area contributed by atoms with E-state index in [2.05, 4.69) is 15.0 Å². The summed E-state index contributed by atoms with van der Waals surface area (Å²) in [7, 11) is 0. The average Bonchev–Trinajstić information content (AvgIpc) is 3.34. The Morgan fingerprint density at radius 3 is 2.52 bits per heavy atom. The number of carbonyl (C=O) groups excluding carboxylic acids is 1. The molecule has 1 saturated carbocycles. The first-order chi connectivity index (χ1) is 12.3. The number of ether oxygens (including phenoxy) is 1. The molecule has 6 nitrogen and oxygen atoms in total. The number of amides is 1. The highest BCUT2D eigenvalue weighted by Crippen LogP contribution is 2.33. The second-order valence-corrected chi connectivity index (χ2v) is 7.95. The van der Waals surface area contributed by atoms with Gasteiger partial charge in [-0.15, -0.1) is 0 Å². The van der Waals surface area contributed by atoms with E-state index >= 15 is 0 Å². The third-order valence-corrected chi connectivity index (χ3v) is 5.96. The zero-order valence-corrected chi connectivity index (χ0v) is 15.0. The van der Waals surface area contributed by atoms with Crippen molar-refractivity contribution in [2.24, 2.45) is 11.8 Å². The number of nitrogens with zero attached hydrogens (tertiary/aromatic N) is 3. The fourth-order valence-electron chi connectivity index (χ4n) is 3.98. The van der Waals surface area contributed by atoms with E-state index in [0.29, 0.717) is 23.7 Å². The topological polar surface area (TPSA) is 68.5 Å². The predicted octanol–water partition coefficient (Wildman–Crippen LogP) is 2.93. The zero-order valence-electron chi connectivity index (χ0n) is 15.0. The zero-order chi connectivity index (χ0) is 17.1. The van der Waals surface area contributed by atoms with Gasteiger partial charge in [0.05, 0.1) is 0 Å². The summed E-state index contributed by atoms with van der Waals surface area (Å²) in [6.45, 7) is 3.44. The quantitative estimate of drug-likeness (QED) is 0.791. The molecule has 3 aliphatic rings. The molecule has 1 aromatic heterocycles. The van der Waals surface area contributed by atoms with Gasteiger partial charge in [0, 0.05) is 45.1 Å². The summed E-state index contributed by atoms with van der Waals surface area (Å²) in [4.78, 5) is 18.9. The highest BCUT2D eigenvalue weighted by Gasteiger charge is 2.29. The molecule has 25 heavy (non-hydrogen) atoms. The standard InChI is InChI=1S/C19H29N3O3/c23-18(13-15-1-2-15)22-9-5-14(6-10-22)3-4-17-20-19(25-21-17)16-7-11-24-12-8-16/h14-16H,1-13H2. The fourth-order valence-corrected chi connectivity index (χ4v) is 3.98. The minimum Gasteiger partial charge on any atom is -0.381 e. The van der Waals surface area contributed by atoms with Crippen LogP contribution in [0.4, 0.5) is 0 Å². The molecule has 2 aliphatic heterocycles. The lowest BCUT2D eigenvalue weighted by atomic mass is 9.92. The number of likely N-dealkylation sites (tertiary alicyclic amines) is 1. The molecule has 0 bridgehead atoms. The summed E-state index contributed by atoms with van der Waals surface area (Å²) in [6.07, 6.45) is 9.45. The Morgan fingerprint density at radius 1 is 1.04 bits per heavy atom. The molecular weight excluding hydrogens is 318 g/mol. The summed E-state index contributed by atoms with van der Waals surface area (Å²) >= 11 is 0. The molecule has 3 heterocycles. The van der Waals surface area contributed by atoms with Gasteiger partial charge in [-0.25, -0.2) is 0 Å². The average molecular weight is 347 g/mol. The predicted molar refractivity (Wildman–Crippen MR) is 92.1 cm³/mol. The van der Waals surface area contributed by atoms with Crippen molar-refractivity contribution in [2.45, 2.75) is 63.7 Å². The lowest BCUT2D eigenvalue weighted by Gasteiger charge is -2.32. The Kier molecular flexibility index (Phi) is 5.34. The van der Waals surface area contributed by atoms with E-state index in [1.54, 1.807) is 0 Å². The second kappa shape index (κ2) is 7.85. The van der Waals surface area contributed by atoms with Crippen LogP contribution in [0, 0.1) is 11.8 Å². The van der Waals surface area contributed by atoms with Gasteiger partial charge in [0.1, 0.15) is 0 Å². The van der Waals surface area contributed by atoms with Gasteiger partial charge in [-0.2, -0.15) is 4.98 Å². The van der Waals surface area contributed by atoms with Crippen LogP contribution in [0.2, 0.25) is 0 Å². The first kappa shape index (κ1) is 17.0. The maximum atomic E-state index is 12.2. The van der Waals surface area contributed by atoms with Crippen LogP contribution >= 0.6 is 0 Å². The van der Waals surface area contributed by atoms with E-state index in [-0.39, 0.29) is 0 Å². The number of aryl methyl sites for hydroxylation is 1. The highest BCUT2D eigenvalue weighted by atomic mass is 16.5. The molecule has 0 unspecified atom stereocenters. The van der Waals surface area contributed by atoms with Gasteiger partial charge in [0.2, 0.25) is 11.8 Å². The fraction of sp³-hybridized carbons (Fsp3) is 0.842. The molecule has 6 heteroatoms. The van der Waals surface area contributed by atoms with E-state index in [0.717, 1.165) is 83.0 Å². The molecule has 0 N–H and O–H groups in total. The van der Waals surface area contributed by atoms with E-state index in [1.165, 1.54) is 12.8 Å². The number of aromatic nitrogens is 2. The largest absolute Gasteiger partial charge is 0.381 e. The molecule has 4 rings (SSSR count). The Labute approximate surface area is 149 Å². The molecular formula is C19H29N3O3. The Bertz CT molecular complexity index is 570. The molecule has 1 aromatic rings. The van der Waals surface area contributed by atoms with Crippen molar-refractivity contribution >= 4 is 5.91 Å². The molecule has 0 aromatic carbocycles. The van der Waals surface area contributed by atoms with Crippen molar-refractivity contribution in [3.8, 4) is 0 Å². The molecule has 1 aliphatic carbocycles. The van der Waals surface area contributed by atoms with Crippen LogP contribution < -0.4 is 0 Å². The van der Waals surface area contributed by atoms with Gasteiger partial charge in [0.25, 0.3) is 0 Å². The normalized spacial score (nSPS) is 23.1. The molecule has 0 atom stereocenters. The SMILES string of the molecule is O=C(CC1CC1)N1CCC(CCc2noc(C3CCOCC3)n2)CC1. The second-order valence-electron chi connectivity index (χ2n) is 7.95. The van der Waals surface area contributed by atoms with Crippen LogP contribution in [0.3, 0.4) is 0 Å². The van der Waals surface area contributed by atoms with Gasteiger partial charge in [0.15, 0.2) is 5.82 Å². The summed E-state index contributed by atoms with van der Waals surface area (Å²) in [5.41, 5.74) is 0. The third-order valence-electron chi connectivity index (χ3n) is 5.96.